The molecule has 0 aliphatic heterocycles. The van der Waals surface area contributed by atoms with E-state index in [9.17, 15) is 9.59 Å². The highest BCUT2D eigenvalue weighted by Gasteiger charge is 2.17. The number of nitrogens with one attached hydrogen (secondary N) is 1. The minimum absolute atomic E-state index is 0.115. The van der Waals surface area contributed by atoms with Crippen LogP contribution >= 0.6 is 11.3 Å². The van der Waals surface area contributed by atoms with Crippen LogP contribution in [0.1, 0.15) is 20.8 Å². The number of esters is 1. The molecule has 0 bridgehead atoms. The molecule has 0 saturated heterocycles. The van der Waals surface area contributed by atoms with Gasteiger partial charge in [-0.3, -0.25) is 5.32 Å². The molecule has 0 saturated carbocycles. The molecule has 1 N–H and O–H groups in total. The summed E-state index contributed by atoms with van der Waals surface area (Å²) in [4.78, 5) is 23.4. The quantitative estimate of drug-likeness (QED) is 0.875. The number of ether oxygens (including phenoxy) is 2. The summed E-state index contributed by atoms with van der Waals surface area (Å²) in [5.41, 5.74) is 1.03. The minimum atomic E-state index is -0.696. The highest BCUT2D eigenvalue weighted by atomic mass is 32.1. The Bertz CT molecular complexity index is 719. The highest BCUT2D eigenvalue weighted by molar-refractivity contribution is 7.18. The first-order chi connectivity index (χ1) is 10.6. The van der Waals surface area contributed by atoms with E-state index < -0.39 is 12.1 Å². The number of hydrogen-bond donors (Lipinski definition) is 1. The zero-order valence-corrected chi connectivity index (χ0v) is 12.5. The van der Waals surface area contributed by atoms with Crippen molar-refractivity contribution in [2.45, 2.75) is 6.61 Å². The first kappa shape index (κ1) is 15.5. The van der Waals surface area contributed by atoms with Gasteiger partial charge in [0, 0.05) is 0 Å². The van der Waals surface area contributed by atoms with E-state index in [1.54, 1.807) is 0 Å². The monoisotopic (exact) mass is 316 g/mol. The Labute approximate surface area is 130 Å². The smallest absolute Gasteiger partial charge is 0.412 e. The number of rotatable bonds is 4. The molecule has 0 spiro atoms. The van der Waals surface area contributed by atoms with Crippen molar-refractivity contribution >= 4 is 28.4 Å². The van der Waals surface area contributed by atoms with Crippen LogP contribution in [0.4, 0.5) is 9.80 Å². The first-order valence-corrected chi connectivity index (χ1v) is 7.05. The van der Waals surface area contributed by atoms with E-state index in [4.69, 9.17) is 10.00 Å². The summed E-state index contributed by atoms with van der Waals surface area (Å²) in [7, 11) is 1.25. The van der Waals surface area contributed by atoms with Crippen LogP contribution < -0.4 is 5.32 Å². The van der Waals surface area contributed by atoms with E-state index in [0.29, 0.717) is 0 Å². The van der Waals surface area contributed by atoms with Gasteiger partial charge < -0.3 is 9.47 Å². The van der Waals surface area contributed by atoms with Gasteiger partial charge in [-0.2, -0.15) is 5.26 Å². The highest BCUT2D eigenvalue weighted by Crippen LogP contribution is 2.28. The van der Waals surface area contributed by atoms with Gasteiger partial charge in [-0.05, 0) is 11.6 Å². The maximum atomic E-state index is 11.8. The molecular formula is C15H12N2O4S. The van der Waals surface area contributed by atoms with E-state index in [-0.39, 0.29) is 22.0 Å². The van der Waals surface area contributed by atoms with E-state index in [0.717, 1.165) is 16.9 Å². The lowest BCUT2D eigenvalue weighted by Crippen LogP contribution is -2.13. The fourth-order valence-corrected chi connectivity index (χ4v) is 2.53. The van der Waals surface area contributed by atoms with Gasteiger partial charge in [0.2, 0.25) is 0 Å². The third-order valence-electron chi connectivity index (χ3n) is 2.67. The predicted molar refractivity (Wildman–Crippen MR) is 80.6 cm³/mol. The van der Waals surface area contributed by atoms with Crippen molar-refractivity contribution in [1.29, 1.82) is 5.26 Å². The molecule has 22 heavy (non-hydrogen) atoms. The van der Waals surface area contributed by atoms with Gasteiger partial charge >= 0.3 is 12.1 Å². The molecule has 0 aliphatic rings. The lowest BCUT2D eigenvalue weighted by Gasteiger charge is -2.05. The number of methoxy groups -OCH3 is 1. The first-order valence-electron chi connectivity index (χ1n) is 6.24. The normalized spacial score (nSPS) is 9.64. The van der Waals surface area contributed by atoms with Crippen LogP contribution in [0, 0.1) is 11.3 Å². The molecule has 1 heterocycles. The summed E-state index contributed by atoms with van der Waals surface area (Å²) in [6.07, 6.45) is -0.696. The van der Waals surface area contributed by atoms with Gasteiger partial charge in [0.25, 0.3) is 0 Å². The Balaban J connectivity index is 2.01. The number of carbonyl (C=O) groups is 2. The molecule has 112 valence electrons. The van der Waals surface area contributed by atoms with Crippen molar-refractivity contribution in [3.05, 3.63) is 52.4 Å². The summed E-state index contributed by atoms with van der Waals surface area (Å²) < 4.78 is 9.64. The number of thiophene rings is 1. The Morgan fingerprint density at radius 1 is 1.32 bits per heavy atom. The average molecular weight is 316 g/mol. The van der Waals surface area contributed by atoms with Crippen LogP contribution in [-0.2, 0) is 16.1 Å². The summed E-state index contributed by atoms with van der Waals surface area (Å²) in [6, 6.07) is 12.5. The van der Waals surface area contributed by atoms with Crippen LogP contribution in [0.3, 0.4) is 0 Å². The molecule has 0 unspecified atom stereocenters. The molecule has 7 heteroatoms. The van der Waals surface area contributed by atoms with Gasteiger partial charge in [-0.25, -0.2) is 9.59 Å². The molecule has 1 aromatic carbocycles. The third kappa shape index (κ3) is 3.84. The predicted octanol–water partition coefficient (Wildman–Crippen LogP) is 3.16. The number of hydrogen-bond acceptors (Lipinski definition) is 6. The number of anilines is 1. The van der Waals surface area contributed by atoms with E-state index in [1.165, 1.54) is 13.2 Å². The standard InChI is InChI=1S/C15H12N2O4S/c1-20-14(18)12-7-11(8-16)13(22-12)17-15(19)21-9-10-5-3-2-4-6-10/h2-7H,9H2,1H3,(H,17,19). The van der Waals surface area contributed by atoms with E-state index in [1.807, 2.05) is 36.4 Å². The Kier molecular flexibility index (Phi) is 5.11. The van der Waals surface area contributed by atoms with Crippen LogP contribution in [0.5, 0.6) is 0 Å². The van der Waals surface area contributed by atoms with Gasteiger partial charge in [-0.1, -0.05) is 30.3 Å². The molecule has 0 radical (unpaired) electrons. The van der Waals surface area contributed by atoms with Crippen molar-refractivity contribution in [3.63, 3.8) is 0 Å². The third-order valence-corrected chi connectivity index (χ3v) is 3.70. The Hall–Kier alpha value is -2.85. The van der Waals surface area contributed by atoms with Crippen molar-refractivity contribution in [3.8, 4) is 6.07 Å². The van der Waals surface area contributed by atoms with Crippen LogP contribution in [0.25, 0.3) is 0 Å². The second-order valence-electron chi connectivity index (χ2n) is 4.14. The molecule has 1 amide bonds. The number of nitrogens with zero attached hydrogens (tertiary/aromatic N) is 1. The number of amides is 1. The summed E-state index contributed by atoms with van der Waals surface area (Å²) in [6.45, 7) is 0.115. The molecule has 0 atom stereocenters. The lowest BCUT2D eigenvalue weighted by molar-refractivity contribution is 0.0606. The topological polar surface area (TPSA) is 88.4 Å². The maximum Gasteiger partial charge on any atom is 0.412 e. The summed E-state index contributed by atoms with van der Waals surface area (Å²) in [5.74, 6) is -0.563. The maximum absolute atomic E-state index is 11.8. The SMILES string of the molecule is COC(=O)c1cc(C#N)c(NC(=O)OCc2ccccc2)s1. The van der Waals surface area contributed by atoms with Gasteiger partial charge in [0.15, 0.2) is 0 Å². The second kappa shape index (κ2) is 7.24. The fourth-order valence-electron chi connectivity index (χ4n) is 1.62. The summed E-state index contributed by atoms with van der Waals surface area (Å²) >= 11 is 0.958. The van der Waals surface area contributed by atoms with Gasteiger partial charge in [0.1, 0.15) is 22.6 Å². The lowest BCUT2D eigenvalue weighted by atomic mass is 10.2. The second-order valence-corrected chi connectivity index (χ2v) is 5.20. The molecule has 2 aromatic rings. The number of benzene rings is 1. The van der Waals surface area contributed by atoms with Crippen LogP contribution in [0.15, 0.2) is 36.4 Å². The van der Waals surface area contributed by atoms with Crippen molar-refractivity contribution < 1.29 is 19.1 Å². The van der Waals surface area contributed by atoms with Crippen molar-refractivity contribution in [2.75, 3.05) is 12.4 Å². The van der Waals surface area contributed by atoms with E-state index in [2.05, 4.69) is 10.1 Å². The summed E-state index contributed by atoms with van der Waals surface area (Å²) in [5, 5.41) is 11.7. The molecule has 2 rings (SSSR count). The zero-order valence-electron chi connectivity index (χ0n) is 11.7. The zero-order chi connectivity index (χ0) is 15.9. The van der Waals surface area contributed by atoms with Crippen LogP contribution in [-0.4, -0.2) is 19.2 Å². The number of nitriles is 1. The molecular weight excluding hydrogens is 304 g/mol. The van der Waals surface area contributed by atoms with Gasteiger partial charge in [-0.15, -0.1) is 11.3 Å². The Morgan fingerprint density at radius 3 is 2.68 bits per heavy atom. The number of carbonyl (C=O) groups excluding carboxylic acids is 2. The molecule has 0 fully saturated rings. The molecule has 0 aliphatic carbocycles. The fraction of sp³-hybridized carbons (Fsp3) is 0.133. The average Bonchev–Trinajstić information content (AvgIpc) is 2.96. The van der Waals surface area contributed by atoms with Gasteiger partial charge in [0.05, 0.1) is 12.7 Å². The molecule has 6 nitrogen and oxygen atoms in total. The van der Waals surface area contributed by atoms with Crippen molar-refractivity contribution in [2.24, 2.45) is 0 Å². The Morgan fingerprint density at radius 2 is 2.05 bits per heavy atom. The largest absolute Gasteiger partial charge is 0.465 e. The van der Waals surface area contributed by atoms with Crippen LogP contribution in [0.2, 0.25) is 0 Å². The van der Waals surface area contributed by atoms with Crippen molar-refractivity contribution in [1.82, 2.24) is 0 Å². The van der Waals surface area contributed by atoms with E-state index >= 15 is 0 Å². The molecule has 1 aromatic heterocycles. The minimum Gasteiger partial charge on any atom is -0.465 e.